The summed E-state index contributed by atoms with van der Waals surface area (Å²) in [5, 5.41) is 9.11. The molecule has 0 amide bonds. The lowest BCUT2D eigenvalue weighted by Gasteiger charge is -2.10. The number of aromatic nitrogens is 2. The number of alkyl halides is 3. The van der Waals surface area contributed by atoms with Gasteiger partial charge in [0.2, 0.25) is 0 Å². The molecule has 1 aliphatic rings. The lowest BCUT2D eigenvalue weighted by atomic mass is 10.1. The molecule has 2 atom stereocenters. The molecule has 6 nitrogen and oxygen atoms in total. The Kier molecular flexibility index (Phi) is 5.50. The van der Waals surface area contributed by atoms with E-state index in [4.69, 9.17) is 9.84 Å². The Hall–Kier alpha value is -3.62. The lowest BCUT2D eigenvalue weighted by molar-refractivity contribution is -0.274. The number of aliphatic carboxylic acids is 1. The summed E-state index contributed by atoms with van der Waals surface area (Å²) in [5.74, 6) is -1.08. The highest BCUT2D eigenvalue weighted by atomic mass is 19.4. The maximum atomic E-state index is 12.2. The number of hydrogen-bond acceptors (Lipinski definition) is 5. The maximum Gasteiger partial charge on any atom is 0.573 e. The molecule has 1 fully saturated rings. The van der Waals surface area contributed by atoms with E-state index >= 15 is 0 Å². The molecule has 2 heterocycles. The Morgan fingerprint density at radius 1 is 1.06 bits per heavy atom. The molecule has 0 spiro atoms. The molecule has 31 heavy (non-hydrogen) atoms. The molecule has 160 valence electrons. The van der Waals surface area contributed by atoms with Gasteiger partial charge in [-0.3, -0.25) is 14.8 Å². The summed E-state index contributed by atoms with van der Waals surface area (Å²) in [6.45, 7) is 0.140. The molecule has 0 saturated heterocycles. The predicted molar refractivity (Wildman–Crippen MR) is 103 cm³/mol. The van der Waals surface area contributed by atoms with Gasteiger partial charge in [-0.05, 0) is 47.9 Å². The quantitative estimate of drug-likeness (QED) is 0.579. The number of rotatable bonds is 7. The van der Waals surface area contributed by atoms with Gasteiger partial charge in [0.05, 0.1) is 12.1 Å². The van der Waals surface area contributed by atoms with Crippen LogP contribution in [0.4, 0.5) is 13.2 Å². The van der Waals surface area contributed by atoms with Crippen molar-refractivity contribution in [3.8, 4) is 22.6 Å². The van der Waals surface area contributed by atoms with Crippen LogP contribution in [0.25, 0.3) is 11.1 Å². The SMILES string of the molecule is O=C(O)[C@H]1C[C@@H]1c1cc(-c2cncc(OCc3ccc(OC(F)(F)F)cc3)c2)ccn1. The van der Waals surface area contributed by atoms with Gasteiger partial charge in [-0.2, -0.15) is 0 Å². The third kappa shape index (κ3) is 5.30. The first-order valence-electron chi connectivity index (χ1n) is 9.40. The number of carboxylic acids is 1. The zero-order chi connectivity index (χ0) is 22.0. The summed E-state index contributed by atoms with van der Waals surface area (Å²) < 4.78 is 46.3. The second-order valence-corrected chi connectivity index (χ2v) is 7.15. The molecule has 2 aromatic heterocycles. The van der Waals surface area contributed by atoms with E-state index in [0.717, 1.165) is 16.8 Å². The van der Waals surface area contributed by atoms with Crippen molar-refractivity contribution in [3.05, 3.63) is 72.3 Å². The minimum Gasteiger partial charge on any atom is -0.487 e. The van der Waals surface area contributed by atoms with E-state index in [1.807, 2.05) is 12.1 Å². The van der Waals surface area contributed by atoms with E-state index in [1.165, 1.54) is 30.5 Å². The summed E-state index contributed by atoms with van der Waals surface area (Å²) in [7, 11) is 0. The molecule has 0 aliphatic heterocycles. The number of pyridine rings is 2. The van der Waals surface area contributed by atoms with Crippen LogP contribution < -0.4 is 9.47 Å². The Balaban J connectivity index is 1.42. The first-order chi connectivity index (χ1) is 14.8. The zero-order valence-corrected chi connectivity index (χ0v) is 16.0. The summed E-state index contributed by atoms with van der Waals surface area (Å²) >= 11 is 0. The molecule has 0 bridgehead atoms. The van der Waals surface area contributed by atoms with Crippen molar-refractivity contribution in [1.82, 2.24) is 9.97 Å². The van der Waals surface area contributed by atoms with Crippen LogP contribution in [0.1, 0.15) is 23.6 Å². The molecule has 4 rings (SSSR count). The second kappa shape index (κ2) is 8.25. The van der Waals surface area contributed by atoms with Crippen molar-refractivity contribution in [2.45, 2.75) is 25.3 Å². The van der Waals surface area contributed by atoms with Crippen molar-refractivity contribution >= 4 is 5.97 Å². The van der Waals surface area contributed by atoms with Gasteiger partial charge in [0.15, 0.2) is 0 Å². The van der Waals surface area contributed by atoms with Gasteiger partial charge >= 0.3 is 12.3 Å². The highest BCUT2D eigenvalue weighted by Gasteiger charge is 2.45. The molecule has 1 aliphatic carbocycles. The number of nitrogens with zero attached hydrogens (tertiary/aromatic N) is 2. The minimum atomic E-state index is -4.73. The smallest absolute Gasteiger partial charge is 0.487 e. The van der Waals surface area contributed by atoms with Crippen LogP contribution in [0.5, 0.6) is 11.5 Å². The first-order valence-corrected chi connectivity index (χ1v) is 9.40. The Morgan fingerprint density at radius 3 is 2.52 bits per heavy atom. The second-order valence-electron chi connectivity index (χ2n) is 7.15. The largest absolute Gasteiger partial charge is 0.573 e. The minimum absolute atomic E-state index is 0.0749. The van der Waals surface area contributed by atoms with E-state index in [0.29, 0.717) is 17.7 Å². The highest BCUT2D eigenvalue weighted by Crippen LogP contribution is 2.47. The van der Waals surface area contributed by atoms with E-state index in [1.54, 1.807) is 18.5 Å². The predicted octanol–water partition coefficient (Wildman–Crippen LogP) is 4.81. The molecule has 9 heteroatoms. The number of ether oxygens (including phenoxy) is 2. The van der Waals surface area contributed by atoms with Gasteiger partial charge in [0.25, 0.3) is 0 Å². The summed E-state index contributed by atoms with van der Waals surface area (Å²) in [6.07, 6.45) is 0.690. The fourth-order valence-corrected chi connectivity index (χ4v) is 3.24. The van der Waals surface area contributed by atoms with Crippen molar-refractivity contribution in [2.75, 3.05) is 0 Å². The molecular formula is C22H17F3N2O4. The molecule has 1 saturated carbocycles. The average Bonchev–Trinajstić information content (AvgIpc) is 3.54. The first kappa shape index (κ1) is 20.6. The van der Waals surface area contributed by atoms with Crippen LogP contribution in [0, 0.1) is 5.92 Å². The lowest BCUT2D eigenvalue weighted by Crippen LogP contribution is -2.17. The molecule has 1 N–H and O–H groups in total. The summed E-state index contributed by atoms with van der Waals surface area (Å²) in [6, 6.07) is 10.9. The molecule has 0 unspecified atom stereocenters. The average molecular weight is 430 g/mol. The third-order valence-electron chi connectivity index (χ3n) is 4.88. The summed E-state index contributed by atoms with van der Waals surface area (Å²) in [5.41, 5.74) is 3.02. The van der Waals surface area contributed by atoms with E-state index < -0.39 is 12.3 Å². The number of carbonyl (C=O) groups is 1. The normalized spacial score (nSPS) is 17.8. The monoisotopic (exact) mass is 430 g/mol. The standard InChI is InChI=1S/C22H17F3N2O4/c23-22(24,25)31-16-3-1-13(2-4-16)12-30-17-7-15(10-26-11-17)14-5-6-27-20(8-14)18-9-19(18)21(28)29/h1-8,10-11,18-19H,9,12H2,(H,28,29)/t18-,19-/m0/s1. The fourth-order valence-electron chi connectivity index (χ4n) is 3.24. The van der Waals surface area contributed by atoms with Crippen LogP contribution in [-0.2, 0) is 11.4 Å². The van der Waals surface area contributed by atoms with Gasteiger partial charge in [-0.1, -0.05) is 12.1 Å². The number of hydrogen-bond donors (Lipinski definition) is 1. The Bertz CT molecular complexity index is 1090. The van der Waals surface area contributed by atoms with E-state index in [-0.39, 0.29) is 24.2 Å². The van der Waals surface area contributed by atoms with Gasteiger partial charge < -0.3 is 14.6 Å². The molecule has 3 aromatic rings. The van der Waals surface area contributed by atoms with Crippen LogP contribution >= 0.6 is 0 Å². The fraction of sp³-hybridized carbons (Fsp3) is 0.227. The van der Waals surface area contributed by atoms with Crippen molar-refractivity contribution in [1.29, 1.82) is 0 Å². The van der Waals surface area contributed by atoms with Crippen molar-refractivity contribution in [2.24, 2.45) is 5.92 Å². The Morgan fingerprint density at radius 2 is 1.84 bits per heavy atom. The van der Waals surface area contributed by atoms with E-state index in [2.05, 4.69) is 14.7 Å². The van der Waals surface area contributed by atoms with Crippen LogP contribution in [0.3, 0.4) is 0 Å². The third-order valence-corrected chi connectivity index (χ3v) is 4.88. The van der Waals surface area contributed by atoms with Crippen LogP contribution in [-0.4, -0.2) is 27.4 Å². The Labute approximate surface area is 175 Å². The van der Waals surface area contributed by atoms with Crippen LogP contribution in [0.2, 0.25) is 0 Å². The van der Waals surface area contributed by atoms with Gasteiger partial charge in [-0.25, -0.2) is 0 Å². The highest BCUT2D eigenvalue weighted by molar-refractivity contribution is 5.75. The van der Waals surface area contributed by atoms with E-state index in [9.17, 15) is 18.0 Å². The maximum absolute atomic E-state index is 12.2. The van der Waals surface area contributed by atoms with Crippen molar-refractivity contribution in [3.63, 3.8) is 0 Å². The van der Waals surface area contributed by atoms with Gasteiger partial charge in [-0.15, -0.1) is 13.2 Å². The number of benzene rings is 1. The topological polar surface area (TPSA) is 81.5 Å². The molecule has 0 radical (unpaired) electrons. The van der Waals surface area contributed by atoms with Crippen molar-refractivity contribution < 1.29 is 32.5 Å². The van der Waals surface area contributed by atoms with Gasteiger partial charge in [0, 0.05) is 29.6 Å². The summed E-state index contributed by atoms with van der Waals surface area (Å²) in [4.78, 5) is 19.6. The zero-order valence-electron chi connectivity index (χ0n) is 16.0. The van der Waals surface area contributed by atoms with Crippen LogP contribution in [0.15, 0.2) is 61.1 Å². The molecule has 1 aromatic carbocycles. The van der Waals surface area contributed by atoms with Gasteiger partial charge in [0.1, 0.15) is 18.1 Å². The number of carboxylic acid groups (broad SMARTS) is 1. The molecular weight excluding hydrogens is 413 g/mol. The number of halogens is 3.